The highest BCUT2D eigenvalue weighted by atomic mass is 16.6. The van der Waals surface area contributed by atoms with Gasteiger partial charge in [0.1, 0.15) is 6.61 Å². The Bertz CT molecular complexity index is 1170. The van der Waals surface area contributed by atoms with Crippen LogP contribution in [0.15, 0.2) is 60.8 Å². The van der Waals surface area contributed by atoms with E-state index >= 15 is 0 Å². The number of esters is 2. The number of hydrogen-bond acceptors (Lipinski definition) is 5. The SMILES string of the molecule is CC/C=C\C/C=C\C/C=C\C/C=C\CCCCCCCCCCCCCCCCCCC(=O)OC(CO)COC(=O)CCCCCCCCCCCCCCC/C=C\CCCCCCCCCC. The van der Waals surface area contributed by atoms with Crippen LogP contribution in [0.4, 0.5) is 0 Å². The summed E-state index contributed by atoms with van der Waals surface area (Å²) in [7, 11) is 0. The molecule has 68 heavy (non-hydrogen) atoms. The summed E-state index contributed by atoms with van der Waals surface area (Å²) in [6.07, 6.45) is 79.2. The van der Waals surface area contributed by atoms with E-state index in [-0.39, 0.29) is 25.2 Å². The Kier molecular flexibility index (Phi) is 56.8. The minimum absolute atomic E-state index is 0.0634. The molecule has 0 radical (unpaired) electrons. The van der Waals surface area contributed by atoms with Gasteiger partial charge in [-0.15, -0.1) is 0 Å². The second-order valence-corrected chi connectivity index (χ2v) is 20.0. The molecule has 0 aromatic heterocycles. The average Bonchev–Trinajstić information content (AvgIpc) is 3.34. The van der Waals surface area contributed by atoms with E-state index in [1.54, 1.807) is 0 Å². The Morgan fingerprint density at radius 3 is 0.971 bits per heavy atom. The van der Waals surface area contributed by atoms with E-state index in [1.807, 2.05) is 0 Å². The lowest BCUT2D eigenvalue weighted by atomic mass is 10.0. The van der Waals surface area contributed by atoms with Crippen LogP contribution in [0.1, 0.15) is 309 Å². The molecule has 1 unspecified atom stereocenters. The molecule has 0 amide bonds. The molecule has 1 atom stereocenters. The lowest BCUT2D eigenvalue weighted by Gasteiger charge is -2.15. The first-order valence-corrected chi connectivity index (χ1v) is 29.8. The van der Waals surface area contributed by atoms with Crippen molar-refractivity contribution in [3.05, 3.63) is 60.8 Å². The molecular weight excluding hydrogens is 837 g/mol. The summed E-state index contributed by atoms with van der Waals surface area (Å²) in [6, 6.07) is 0. The van der Waals surface area contributed by atoms with Gasteiger partial charge in [0.25, 0.3) is 0 Å². The van der Waals surface area contributed by atoms with Gasteiger partial charge >= 0.3 is 11.9 Å². The number of hydrogen-bond donors (Lipinski definition) is 1. The van der Waals surface area contributed by atoms with Crippen LogP contribution in [0.3, 0.4) is 0 Å². The fourth-order valence-corrected chi connectivity index (χ4v) is 8.84. The Balaban J connectivity index is 3.44. The average molecular weight is 952 g/mol. The van der Waals surface area contributed by atoms with Gasteiger partial charge in [-0.25, -0.2) is 0 Å². The van der Waals surface area contributed by atoms with Crippen molar-refractivity contribution < 1.29 is 24.2 Å². The van der Waals surface area contributed by atoms with Crippen molar-refractivity contribution >= 4 is 11.9 Å². The topological polar surface area (TPSA) is 72.8 Å². The van der Waals surface area contributed by atoms with Crippen LogP contribution < -0.4 is 0 Å². The molecule has 0 aliphatic rings. The highest BCUT2D eigenvalue weighted by Crippen LogP contribution is 2.17. The van der Waals surface area contributed by atoms with Gasteiger partial charge in [-0.2, -0.15) is 0 Å². The molecule has 0 aromatic carbocycles. The molecule has 0 aliphatic heterocycles. The van der Waals surface area contributed by atoms with E-state index in [9.17, 15) is 14.7 Å². The Labute approximate surface area is 423 Å². The molecule has 0 aliphatic carbocycles. The van der Waals surface area contributed by atoms with E-state index in [0.717, 1.165) is 64.2 Å². The van der Waals surface area contributed by atoms with Gasteiger partial charge in [-0.1, -0.05) is 280 Å². The number of ether oxygens (including phenoxy) is 2. The normalized spacial score (nSPS) is 12.6. The molecule has 0 heterocycles. The quantitative estimate of drug-likeness (QED) is 0.0374. The van der Waals surface area contributed by atoms with Crippen LogP contribution in [0.25, 0.3) is 0 Å². The van der Waals surface area contributed by atoms with Crippen molar-refractivity contribution in [2.75, 3.05) is 13.2 Å². The molecule has 0 spiro atoms. The molecular formula is C63H114O5. The second kappa shape index (κ2) is 58.9. The molecule has 0 fully saturated rings. The number of carbonyl (C=O) groups excluding carboxylic acids is 2. The van der Waals surface area contributed by atoms with Crippen molar-refractivity contribution in [3.63, 3.8) is 0 Å². The maximum absolute atomic E-state index is 12.3. The second-order valence-electron chi connectivity index (χ2n) is 20.0. The number of rotatable bonds is 55. The van der Waals surface area contributed by atoms with E-state index in [4.69, 9.17) is 9.47 Å². The maximum Gasteiger partial charge on any atom is 0.306 e. The maximum atomic E-state index is 12.3. The summed E-state index contributed by atoms with van der Waals surface area (Å²) in [5, 5.41) is 9.67. The third-order valence-electron chi connectivity index (χ3n) is 13.3. The number of carbonyl (C=O) groups is 2. The minimum atomic E-state index is -0.773. The Morgan fingerprint density at radius 2 is 0.632 bits per heavy atom. The summed E-state index contributed by atoms with van der Waals surface area (Å²) in [6.45, 7) is 4.07. The first-order valence-electron chi connectivity index (χ1n) is 29.8. The zero-order valence-corrected chi connectivity index (χ0v) is 45.4. The smallest absolute Gasteiger partial charge is 0.306 e. The van der Waals surface area contributed by atoms with Crippen molar-refractivity contribution in [3.8, 4) is 0 Å². The fraction of sp³-hybridized carbons (Fsp3) is 0.810. The van der Waals surface area contributed by atoms with Crippen molar-refractivity contribution in [2.45, 2.75) is 315 Å². The number of allylic oxidation sites excluding steroid dienone is 10. The van der Waals surface area contributed by atoms with E-state index in [1.165, 1.54) is 218 Å². The summed E-state index contributed by atoms with van der Waals surface area (Å²) in [5.41, 5.74) is 0. The molecule has 396 valence electrons. The van der Waals surface area contributed by atoms with Gasteiger partial charge in [0.2, 0.25) is 0 Å². The predicted molar refractivity (Wildman–Crippen MR) is 297 cm³/mol. The third kappa shape index (κ3) is 56.2. The lowest BCUT2D eigenvalue weighted by Crippen LogP contribution is -2.28. The summed E-state index contributed by atoms with van der Waals surface area (Å²) >= 11 is 0. The van der Waals surface area contributed by atoms with Crippen LogP contribution in [0.5, 0.6) is 0 Å². The minimum Gasteiger partial charge on any atom is -0.462 e. The zero-order chi connectivity index (χ0) is 49.2. The van der Waals surface area contributed by atoms with Gasteiger partial charge < -0.3 is 14.6 Å². The molecule has 5 nitrogen and oxygen atoms in total. The van der Waals surface area contributed by atoms with Crippen molar-refractivity contribution in [1.82, 2.24) is 0 Å². The van der Waals surface area contributed by atoms with Crippen LogP contribution >= 0.6 is 0 Å². The molecule has 1 N–H and O–H groups in total. The molecule has 5 heteroatoms. The van der Waals surface area contributed by atoms with Crippen LogP contribution in [-0.2, 0) is 19.1 Å². The summed E-state index contributed by atoms with van der Waals surface area (Å²) in [4.78, 5) is 24.6. The highest BCUT2D eigenvalue weighted by molar-refractivity contribution is 5.70. The number of aliphatic hydroxyl groups excluding tert-OH is 1. The van der Waals surface area contributed by atoms with Crippen molar-refractivity contribution in [1.29, 1.82) is 0 Å². The third-order valence-corrected chi connectivity index (χ3v) is 13.3. The first kappa shape index (κ1) is 65.6. The number of unbranched alkanes of at least 4 members (excludes halogenated alkanes) is 37. The molecule has 0 saturated heterocycles. The molecule has 0 saturated carbocycles. The molecule has 0 bridgehead atoms. The summed E-state index contributed by atoms with van der Waals surface area (Å²) in [5.74, 6) is -0.577. The first-order chi connectivity index (χ1) is 33.6. The van der Waals surface area contributed by atoms with Crippen molar-refractivity contribution in [2.24, 2.45) is 0 Å². The van der Waals surface area contributed by atoms with Crippen LogP contribution in [0, 0.1) is 0 Å². The van der Waals surface area contributed by atoms with E-state index in [0.29, 0.717) is 12.8 Å². The number of aliphatic hydroxyl groups is 1. The van der Waals surface area contributed by atoms with Crippen LogP contribution in [0.2, 0.25) is 0 Å². The monoisotopic (exact) mass is 951 g/mol. The van der Waals surface area contributed by atoms with Gasteiger partial charge in [0, 0.05) is 12.8 Å². The highest BCUT2D eigenvalue weighted by Gasteiger charge is 2.16. The van der Waals surface area contributed by atoms with Gasteiger partial charge in [-0.3, -0.25) is 9.59 Å². The van der Waals surface area contributed by atoms with E-state index < -0.39 is 6.10 Å². The van der Waals surface area contributed by atoms with Gasteiger partial charge in [0.05, 0.1) is 6.61 Å². The van der Waals surface area contributed by atoms with Crippen LogP contribution in [-0.4, -0.2) is 36.4 Å². The summed E-state index contributed by atoms with van der Waals surface area (Å²) < 4.78 is 10.7. The standard InChI is InChI=1S/C63H114O5/c1-3-5-7-9-11-13-15-17-19-21-23-25-27-29-30-31-32-34-36-38-40-42-44-46-48-50-52-54-56-58-63(66)68-61(59-64)60-67-62(65)57-55-53-51-49-47-45-43-41-39-37-35-33-28-26-24-22-20-18-16-14-12-10-8-6-4-2/h5,7,11,13,17,19,22-25,61,64H,3-4,6,8-10,12,14-16,18,20-21,26-60H2,1-2H3/b7-5-,13-11-,19-17-,24-22-,25-23-. The Morgan fingerprint density at radius 1 is 0.353 bits per heavy atom. The Hall–Kier alpha value is -2.40. The van der Waals surface area contributed by atoms with Gasteiger partial charge in [0.15, 0.2) is 6.10 Å². The largest absolute Gasteiger partial charge is 0.462 e. The van der Waals surface area contributed by atoms with Gasteiger partial charge in [-0.05, 0) is 77.0 Å². The zero-order valence-electron chi connectivity index (χ0n) is 45.4. The fourth-order valence-electron chi connectivity index (χ4n) is 8.84. The lowest BCUT2D eigenvalue weighted by molar-refractivity contribution is -0.161. The molecule has 0 aromatic rings. The molecule has 0 rings (SSSR count). The van der Waals surface area contributed by atoms with E-state index in [2.05, 4.69) is 74.6 Å². The predicted octanol–water partition coefficient (Wildman–Crippen LogP) is 20.2.